The number of amidine groups is 1. The Bertz CT molecular complexity index is 1040. The molecule has 168 valence electrons. The van der Waals surface area contributed by atoms with Crippen LogP contribution in [-0.4, -0.2) is 60.5 Å². The first-order chi connectivity index (χ1) is 15.4. The number of carbonyl (C=O) groups is 2. The molecule has 1 N–H and O–H groups in total. The number of carboxylic acid groups (broad SMARTS) is 1. The number of amides is 1. The number of carbonyl (C=O) groups excluding carboxylic acids is 1. The monoisotopic (exact) mass is 456 g/mol. The van der Waals surface area contributed by atoms with E-state index in [1.54, 1.807) is 36.3 Å². The summed E-state index contributed by atoms with van der Waals surface area (Å²) >= 11 is 1.28. The third-order valence-corrected chi connectivity index (χ3v) is 5.53. The highest BCUT2D eigenvalue weighted by Gasteiger charge is 2.33. The molecule has 3 rings (SSSR count). The van der Waals surface area contributed by atoms with Gasteiger partial charge in [0.1, 0.15) is 0 Å². The lowest BCUT2D eigenvalue weighted by molar-refractivity contribution is -0.144. The first-order valence-electron chi connectivity index (χ1n) is 9.84. The molecule has 1 atom stereocenters. The van der Waals surface area contributed by atoms with Crippen molar-refractivity contribution in [2.75, 3.05) is 27.4 Å². The van der Waals surface area contributed by atoms with E-state index < -0.39 is 12.1 Å². The lowest BCUT2D eigenvalue weighted by Crippen LogP contribution is -2.32. The van der Waals surface area contributed by atoms with Crippen molar-refractivity contribution in [2.45, 2.75) is 13.0 Å². The van der Waals surface area contributed by atoms with Crippen LogP contribution in [0.2, 0.25) is 0 Å². The molecule has 2 aromatic carbocycles. The Labute approximate surface area is 190 Å². The van der Waals surface area contributed by atoms with Crippen molar-refractivity contribution in [3.8, 4) is 11.5 Å². The van der Waals surface area contributed by atoms with E-state index in [0.717, 1.165) is 5.69 Å². The van der Waals surface area contributed by atoms with Gasteiger partial charge in [-0.05, 0) is 54.6 Å². The Hall–Kier alpha value is -3.30. The summed E-state index contributed by atoms with van der Waals surface area (Å²) in [7, 11) is 3.05. The van der Waals surface area contributed by atoms with E-state index in [9.17, 15) is 9.59 Å². The van der Waals surface area contributed by atoms with Gasteiger partial charge in [-0.15, -0.1) is 0 Å². The first kappa shape index (κ1) is 23.4. The lowest BCUT2D eigenvalue weighted by Gasteiger charge is -2.15. The summed E-state index contributed by atoms with van der Waals surface area (Å²) in [5.74, 6) is -0.562. The summed E-state index contributed by atoms with van der Waals surface area (Å²) in [6, 6.07) is 14.5. The van der Waals surface area contributed by atoms with E-state index in [1.807, 2.05) is 30.3 Å². The molecular formula is C23H24N2O6S. The van der Waals surface area contributed by atoms with Gasteiger partial charge in [-0.3, -0.25) is 9.69 Å². The normalized spacial score (nSPS) is 17.1. The number of methoxy groups -OCH3 is 2. The topological polar surface area (TPSA) is 97.7 Å². The van der Waals surface area contributed by atoms with Gasteiger partial charge < -0.3 is 19.3 Å². The average Bonchev–Trinajstić information content (AvgIpc) is 3.07. The number of thioether (sulfide) groups is 1. The fourth-order valence-corrected chi connectivity index (χ4v) is 3.87. The number of rotatable bonds is 9. The maximum absolute atomic E-state index is 13.0. The number of aliphatic carboxylic acids is 1. The van der Waals surface area contributed by atoms with Crippen LogP contribution in [0, 0.1) is 0 Å². The van der Waals surface area contributed by atoms with Gasteiger partial charge in [0.25, 0.3) is 5.91 Å². The van der Waals surface area contributed by atoms with Crippen LogP contribution >= 0.6 is 11.8 Å². The highest BCUT2D eigenvalue weighted by atomic mass is 32.2. The fourth-order valence-electron chi connectivity index (χ4n) is 2.85. The molecule has 0 unspecified atom stereocenters. The molecule has 0 aliphatic carbocycles. The van der Waals surface area contributed by atoms with Crippen LogP contribution < -0.4 is 9.47 Å². The molecule has 2 aromatic rings. The Kier molecular flexibility index (Phi) is 7.91. The molecule has 1 saturated heterocycles. The van der Waals surface area contributed by atoms with Crippen LogP contribution in [0.1, 0.15) is 12.5 Å². The standard InChI is InChI=1S/C23H24N2O6S/c1-15(22(27)28)31-18-10-9-16(13-19(18)30-3)14-20-21(26)25(11-12-29-2)23(32-20)24-17-7-5-4-6-8-17/h4-10,13-15H,11-12H2,1-3H3,(H,27,28)/b20-14+,24-23?/t15-/m1/s1. The highest BCUT2D eigenvalue weighted by Crippen LogP contribution is 2.36. The largest absolute Gasteiger partial charge is 0.493 e. The van der Waals surface area contributed by atoms with E-state index in [-0.39, 0.29) is 5.91 Å². The molecule has 32 heavy (non-hydrogen) atoms. The summed E-state index contributed by atoms with van der Waals surface area (Å²) in [6.07, 6.45) is 0.721. The second kappa shape index (κ2) is 10.8. The summed E-state index contributed by atoms with van der Waals surface area (Å²) < 4.78 is 15.9. The molecule has 1 amide bonds. The molecule has 0 spiro atoms. The smallest absolute Gasteiger partial charge is 0.344 e. The summed E-state index contributed by atoms with van der Waals surface area (Å²) in [5, 5.41) is 9.63. The molecule has 0 bridgehead atoms. The van der Waals surface area contributed by atoms with Gasteiger partial charge in [-0.1, -0.05) is 24.3 Å². The predicted octanol–water partition coefficient (Wildman–Crippen LogP) is 3.80. The molecule has 1 fully saturated rings. The third-order valence-electron chi connectivity index (χ3n) is 4.52. The van der Waals surface area contributed by atoms with Crippen molar-refractivity contribution in [1.29, 1.82) is 0 Å². The number of aliphatic imine (C=N–C) groups is 1. The van der Waals surface area contributed by atoms with Gasteiger partial charge >= 0.3 is 5.97 Å². The average molecular weight is 457 g/mol. The van der Waals surface area contributed by atoms with Crippen molar-refractivity contribution in [2.24, 2.45) is 4.99 Å². The Morgan fingerprint density at radius 2 is 1.94 bits per heavy atom. The predicted molar refractivity (Wildman–Crippen MR) is 123 cm³/mol. The number of ether oxygens (including phenoxy) is 3. The molecule has 0 saturated carbocycles. The quantitative estimate of drug-likeness (QED) is 0.573. The van der Waals surface area contributed by atoms with E-state index in [4.69, 9.17) is 19.3 Å². The van der Waals surface area contributed by atoms with Gasteiger partial charge in [-0.25, -0.2) is 9.79 Å². The fraction of sp³-hybridized carbons (Fsp3) is 0.261. The second-order valence-corrected chi connectivity index (χ2v) is 7.81. The number of benzene rings is 2. The second-order valence-electron chi connectivity index (χ2n) is 6.80. The van der Waals surface area contributed by atoms with Crippen molar-refractivity contribution in [1.82, 2.24) is 4.90 Å². The molecule has 1 heterocycles. The van der Waals surface area contributed by atoms with Gasteiger partial charge in [0, 0.05) is 7.11 Å². The Balaban J connectivity index is 1.89. The van der Waals surface area contributed by atoms with E-state index in [0.29, 0.717) is 40.3 Å². The molecule has 1 aliphatic heterocycles. The minimum absolute atomic E-state index is 0.166. The van der Waals surface area contributed by atoms with Gasteiger partial charge in [-0.2, -0.15) is 0 Å². The summed E-state index contributed by atoms with van der Waals surface area (Å²) in [5.41, 5.74) is 1.46. The van der Waals surface area contributed by atoms with Gasteiger partial charge in [0.15, 0.2) is 22.8 Å². The Morgan fingerprint density at radius 3 is 2.59 bits per heavy atom. The van der Waals surface area contributed by atoms with Crippen molar-refractivity contribution in [3.63, 3.8) is 0 Å². The number of para-hydroxylation sites is 1. The van der Waals surface area contributed by atoms with E-state index in [1.165, 1.54) is 25.8 Å². The highest BCUT2D eigenvalue weighted by molar-refractivity contribution is 8.18. The number of hydrogen-bond donors (Lipinski definition) is 1. The van der Waals surface area contributed by atoms with E-state index in [2.05, 4.69) is 4.99 Å². The molecule has 0 radical (unpaired) electrons. The maximum Gasteiger partial charge on any atom is 0.344 e. The zero-order valence-corrected chi connectivity index (χ0v) is 18.8. The van der Waals surface area contributed by atoms with Crippen molar-refractivity contribution < 1.29 is 28.9 Å². The van der Waals surface area contributed by atoms with Crippen LogP contribution in [-0.2, 0) is 14.3 Å². The lowest BCUT2D eigenvalue weighted by atomic mass is 10.2. The molecule has 0 aromatic heterocycles. The zero-order chi connectivity index (χ0) is 23.1. The maximum atomic E-state index is 13.0. The molecule has 9 heteroatoms. The SMILES string of the molecule is COCCN1C(=O)/C(=C\c2ccc(O[C@H](C)C(=O)O)c(OC)c2)SC1=Nc1ccccc1. The summed E-state index contributed by atoms with van der Waals surface area (Å²) in [6.45, 7) is 2.21. The first-order valence-corrected chi connectivity index (χ1v) is 10.7. The van der Waals surface area contributed by atoms with Crippen molar-refractivity contribution >= 4 is 40.6 Å². The molecule has 8 nitrogen and oxygen atoms in total. The third kappa shape index (κ3) is 5.68. The number of nitrogens with zero attached hydrogens (tertiary/aromatic N) is 2. The van der Waals surface area contributed by atoms with Crippen molar-refractivity contribution in [3.05, 3.63) is 59.0 Å². The van der Waals surface area contributed by atoms with Crippen LogP contribution in [0.4, 0.5) is 5.69 Å². The van der Waals surface area contributed by atoms with Gasteiger partial charge in [0.2, 0.25) is 0 Å². The summed E-state index contributed by atoms with van der Waals surface area (Å²) in [4.78, 5) is 30.8. The van der Waals surface area contributed by atoms with Crippen LogP contribution in [0.3, 0.4) is 0 Å². The molecular weight excluding hydrogens is 432 g/mol. The minimum Gasteiger partial charge on any atom is -0.493 e. The van der Waals surface area contributed by atoms with Crippen LogP contribution in [0.15, 0.2) is 58.4 Å². The number of hydrogen-bond acceptors (Lipinski definition) is 7. The Morgan fingerprint density at radius 1 is 1.19 bits per heavy atom. The van der Waals surface area contributed by atoms with Crippen LogP contribution in [0.25, 0.3) is 6.08 Å². The number of carboxylic acids is 1. The minimum atomic E-state index is -1.08. The van der Waals surface area contributed by atoms with E-state index >= 15 is 0 Å². The molecule has 1 aliphatic rings. The zero-order valence-electron chi connectivity index (χ0n) is 18.0. The van der Waals surface area contributed by atoms with Crippen LogP contribution in [0.5, 0.6) is 11.5 Å². The van der Waals surface area contributed by atoms with Gasteiger partial charge in [0.05, 0.1) is 30.9 Å².